The number of aromatic hydroxyl groups is 1. The van der Waals surface area contributed by atoms with E-state index >= 15 is 0 Å². The van der Waals surface area contributed by atoms with Crippen molar-refractivity contribution >= 4 is 11.0 Å². The van der Waals surface area contributed by atoms with Crippen LogP contribution in [0.15, 0.2) is 48.9 Å². The normalized spacial score (nSPS) is 19.4. The average molecular weight is 403 g/mol. The zero-order chi connectivity index (χ0) is 20.9. The number of fused-ring (bicyclic) bond motifs is 1. The van der Waals surface area contributed by atoms with Gasteiger partial charge in [0.1, 0.15) is 5.75 Å². The van der Waals surface area contributed by atoms with Crippen molar-refractivity contribution in [1.82, 2.24) is 34.7 Å². The molecular formula is C22H25N7O. The van der Waals surface area contributed by atoms with Crippen molar-refractivity contribution in [2.24, 2.45) is 0 Å². The molecule has 3 aromatic heterocycles. The fourth-order valence-electron chi connectivity index (χ4n) is 4.32. The van der Waals surface area contributed by atoms with Crippen LogP contribution in [0.3, 0.4) is 0 Å². The zero-order valence-corrected chi connectivity index (χ0v) is 17.4. The number of phenols is 1. The van der Waals surface area contributed by atoms with E-state index in [0.29, 0.717) is 17.3 Å². The molecule has 0 bridgehead atoms. The number of hydrogen-bond donors (Lipinski definition) is 1. The average Bonchev–Trinajstić information content (AvgIpc) is 3.39. The minimum absolute atomic E-state index is 0.133. The van der Waals surface area contributed by atoms with Gasteiger partial charge >= 0.3 is 0 Å². The van der Waals surface area contributed by atoms with Crippen LogP contribution in [0.2, 0.25) is 0 Å². The Hall–Kier alpha value is -3.26. The predicted octanol–water partition coefficient (Wildman–Crippen LogP) is 3.43. The molecule has 1 aliphatic rings. The van der Waals surface area contributed by atoms with Crippen LogP contribution in [0.25, 0.3) is 28.0 Å². The maximum atomic E-state index is 10.6. The van der Waals surface area contributed by atoms with Gasteiger partial charge in [-0.2, -0.15) is 0 Å². The van der Waals surface area contributed by atoms with E-state index in [9.17, 15) is 5.11 Å². The van der Waals surface area contributed by atoms with Crippen LogP contribution in [0.1, 0.15) is 32.7 Å². The molecule has 1 aliphatic heterocycles. The van der Waals surface area contributed by atoms with Crippen LogP contribution in [0.4, 0.5) is 0 Å². The fourth-order valence-corrected chi connectivity index (χ4v) is 4.32. The van der Waals surface area contributed by atoms with E-state index in [1.54, 1.807) is 23.1 Å². The summed E-state index contributed by atoms with van der Waals surface area (Å²) in [4.78, 5) is 2.42. The summed E-state index contributed by atoms with van der Waals surface area (Å²) < 4.78 is 3.86. The van der Waals surface area contributed by atoms with E-state index in [2.05, 4.69) is 63.1 Å². The van der Waals surface area contributed by atoms with Crippen LogP contribution in [-0.4, -0.2) is 58.9 Å². The third kappa shape index (κ3) is 3.13. The van der Waals surface area contributed by atoms with Gasteiger partial charge in [-0.1, -0.05) is 5.21 Å². The van der Waals surface area contributed by atoms with E-state index in [0.717, 1.165) is 36.1 Å². The topological polar surface area (TPSA) is 84.9 Å². The molecule has 1 saturated heterocycles. The van der Waals surface area contributed by atoms with Crippen molar-refractivity contribution in [2.45, 2.75) is 38.3 Å². The molecule has 0 radical (unpaired) electrons. The summed E-state index contributed by atoms with van der Waals surface area (Å²) in [5.74, 6) is 0.133. The highest BCUT2D eigenvalue weighted by Crippen LogP contribution is 2.36. The minimum Gasteiger partial charge on any atom is -0.507 e. The molecule has 0 spiro atoms. The Morgan fingerprint density at radius 1 is 1.10 bits per heavy atom. The molecule has 1 N–H and O–H groups in total. The molecular weight excluding hydrogens is 378 g/mol. The third-order valence-electron chi connectivity index (χ3n) is 6.37. The number of benzene rings is 1. The van der Waals surface area contributed by atoms with Crippen LogP contribution in [-0.2, 0) is 0 Å². The van der Waals surface area contributed by atoms with Gasteiger partial charge < -0.3 is 14.6 Å². The smallest absolute Gasteiger partial charge is 0.162 e. The first-order valence-corrected chi connectivity index (χ1v) is 10.2. The van der Waals surface area contributed by atoms with Crippen molar-refractivity contribution in [3.05, 3.63) is 48.9 Å². The Kier molecular flexibility index (Phi) is 4.32. The molecule has 0 amide bonds. The number of rotatable bonds is 3. The van der Waals surface area contributed by atoms with E-state index < -0.39 is 0 Å². The molecule has 154 valence electrons. The standard InChI is InChI=1S/C22H25N7O/c1-22(2)14-17(7-9-27(22)3)28-10-6-15-12-19(24-25-21(15)28)18-5-4-16(13-20(18)30)29-11-8-23-26-29/h4-6,8,10-13,17,30H,7,9,14H2,1-3H3/t17-/m0/s1. The highest BCUT2D eigenvalue weighted by molar-refractivity contribution is 5.81. The summed E-state index contributed by atoms with van der Waals surface area (Å²) in [6.45, 7) is 5.65. The molecule has 5 rings (SSSR count). The summed E-state index contributed by atoms with van der Waals surface area (Å²) in [6, 6.07) is 9.84. The number of likely N-dealkylation sites (tertiary alicyclic amines) is 1. The molecule has 1 atom stereocenters. The van der Waals surface area contributed by atoms with Gasteiger partial charge in [-0.3, -0.25) is 0 Å². The number of nitrogens with zero attached hydrogens (tertiary/aromatic N) is 7. The van der Waals surface area contributed by atoms with Crippen molar-refractivity contribution in [3.8, 4) is 22.7 Å². The highest BCUT2D eigenvalue weighted by atomic mass is 16.3. The van der Waals surface area contributed by atoms with Gasteiger partial charge in [0.05, 0.1) is 23.8 Å². The molecule has 1 aromatic carbocycles. The van der Waals surface area contributed by atoms with E-state index in [1.165, 1.54) is 0 Å². The summed E-state index contributed by atoms with van der Waals surface area (Å²) >= 11 is 0. The number of hydrogen-bond acceptors (Lipinski definition) is 6. The van der Waals surface area contributed by atoms with E-state index in [4.69, 9.17) is 0 Å². The second-order valence-corrected chi connectivity index (χ2v) is 8.66. The summed E-state index contributed by atoms with van der Waals surface area (Å²) in [5, 5.41) is 28.3. The van der Waals surface area contributed by atoms with Gasteiger partial charge in [0.15, 0.2) is 5.65 Å². The molecule has 30 heavy (non-hydrogen) atoms. The van der Waals surface area contributed by atoms with Crippen LogP contribution < -0.4 is 0 Å². The van der Waals surface area contributed by atoms with Gasteiger partial charge in [0.25, 0.3) is 0 Å². The van der Waals surface area contributed by atoms with E-state index in [1.807, 2.05) is 18.2 Å². The number of aromatic nitrogens is 6. The Morgan fingerprint density at radius 2 is 1.97 bits per heavy atom. The lowest BCUT2D eigenvalue weighted by Gasteiger charge is -2.44. The first kappa shape index (κ1) is 18.7. The molecule has 0 aliphatic carbocycles. The number of piperidine rings is 1. The first-order valence-electron chi connectivity index (χ1n) is 10.2. The van der Waals surface area contributed by atoms with E-state index in [-0.39, 0.29) is 11.3 Å². The van der Waals surface area contributed by atoms with Crippen molar-refractivity contribution in [3.63, 3.8) is 0 Å². The summed E-state index contributed by atoms with van der Waals surface area (Å²) in [6.07, 6.45) is 7.61. The SMILES string of the molecule is CN1CC[C@H](n2ccc3cc(-c4ccc(-n5ccnn5)cc4O)nnc32)CC1(C)C. The third-order valence-corrected chi connectivity index (χ3v) is 6.37. The fraction of sp³-hybridized carbons (Fsp3) is 0.364. The predicted molar refractivity (Wildman–Crippen MR) is 115 cm³/mol. The molecule has 0 saturated carbocycles. The van der Waals surface area contributed by atoms with Gasteiger partial charge in [-0.05, 0) is 58.0 Å². The second kappa shape index (κ2) is 6.91. The minimum atomic E-state index is 0.133. The molecule has 8 nitrogen and oxygen atoms in total. The summed E-state index contributed by atoms with van der Waals surface area (Å²) in [7, 11) is 2.19. The second-order valence-electron chi connectivity index (χ2n) is 8.66. The Labute approximate surface area is 174 Å². The monoisotopic (exact) mass is 403 g/mol. The Bertz CT molecular complexity index is 1200. The largest absolute Gasteiger partial charge is 0.507 e. The molecule has 4 aromatic rings. The van der Waals surface area contributed by atoms with Crippen molar-refractivity contribution in [2.75, 3.05) is 13.6 Å². The van der Waals surface area contributed by atoms with Gasteiger partial charge in [0, 0.05) is 41.3 Å². The highest BCUT2D eigenvalue weighted by Gasteiger charge is 2.33. The van der Waals surface area contributed by atoms with Crippen LogP contribution in [0.5, 0.6) is 5.75 Å². The Morgan fingerprint density at radius 3 is 2.70 bits per heavy atom. The van der Waals surface area contributed by atoms with Crippen LogP contribution in [0, 0.1) is 0 Å². The van der Waals surface area contributed by atoms with Gasteiger partial charge in [-0.15, -0.1) is 15.3 Å². The summed E-state index contributed by atoms with van der Waals surface area (Å²) in [5.41, 5.74) is 3.07. The lowest BCUT2D eigenvalue weighted by Crippen LogP contribution is -2.47. The van der Waals surface area contributed by atoms with Gasteiger partial charge in [-0.25, -0.2) is 4.68 Å². The van der Waals surface area contributed by atoms with Crippen LogP contribution >= 0.6 is 0 Å². The maximum Gasteiger partial charge on any atom is 0.162 e. The van der Waals surface area contributed by atoms with Crippen molar-refractivity contribution in [1.29, 1.82) is 0 Å². The first-order chi connectivity index (χ1) is 14.4. The molecule has 8 heteroatoms. The quantitative estimate of drug-likeness (QED) is 0.564. The lowest BCUT2D eigenvalue weighted by atomic mass is 9.87. The molecule has 4 heterocycles. The maximum absolute atomic E-state index is 10.6. The number of phenolic OH excluding ortho intramolecular Hbond substituents is 1. The zero-order valence-electron chi connectivity index (χ0n) is 17.4. The Balaban J connectivity index is 1.47. The van der Waals surface area contributed by atoms with Crippen molar-refractivity contribution < 1.29 is 5.11 Å². The molecule has 0 unspecified atom stereocenters. The molecule has 1 fully saturated rings. The van der Waals surface area contributed by atoms with Gasteiger partial charge in [0.2, 0.25) is 0 Å². The lowest BCUT2D eigenvalue weighted by molar-refractivity contribution is 0.0769.